The fraction of sp³-hybridized carbons (Fsp3) is 0.500. The second-order valence-corrected chi connectivity index (χ2v) is 2.72. The molecule has 1 atom stereocenters. The van der Waals surface area contributed by atoms with Gasteiger partial charge in [-0.05, 0) is 13.0 Å². The monoisotopic (exact) mass is 198 g/mol. The van der Waals surface area contributed by atoms with Gasteiger partial charge in [0.2, 0.25) is 0 Å². The van der Waals surface area contributed by atoms with Crippen LogP contribution in [0, 0.1) is 0 Å². The van der Waals surface area contributed by atoms with Crippen LogP contribution in [0.4, 0.5) is 13.2 Å². The number of halogens is 4. The molecule has 0 saturated carbocycles. The fourth-order valence-corrected chi connectivity index (χ4v) is 0.824. The standard InChI is InChI=1S/C6H6ClF3N2/c1-4(6(8,9)10)12-3-2-5(7)11-12/h2-4H,1H3. The lowest BCUT2D eigenvalue weighted by Gasteiger charge is -2.15. The molecule has 0 aliphatic rings. The molecule has 0 aliphatic heterocycles. The van der Waals surface area contributed by atoms with Crippen molar-refractivity contribution in [2.75, 3.05) is 0 Å². The quantitative estimate of drug-likeness (QED) is 0.678. The van der Waals surface area contributed by atoms with Crippen LogP contribution in [-0.2, 0) is 0 Å². The molecule has 1 aromatic rings. The molecule has 0 saturated heterocycles. The molecule has 0 bridgehead atoms. The lowest BCUT2D eigenvalue weighted by Crippen LogP contribution is -2.24. The molecule has 1 rings (SSSR count). The predicted molar refractivity (Wildman–Crippen MR) is 38.0 cm³/mol. The molecule has 0 N–H and O–H groups in total. The topological polar surface area (TPSA) is 17.8 Å². The summed E-state index contributed by atoms with van der Waals surface area (Å²) in [6, 6.07) is -0.325. The van der Waals surface area contributed by atoms with E-state index in [0.717, 1.165) is 11.6 Å². The molecule has 0 spiro atoms. The summed E-state index contributed by atoms with van der Waals surface area (Å²) >= 11 is 5.36. The number of hydrogen-bond acceptors (Lipinski definition) is 1. The van der Waals surface area contributed by atoms with Crippen molar-refractivity contribution in [2.45, 2.75) is 19.1 Å². The van der Waals surface area contributed by atoms with Gasteiger partial charge in [-0.15, -0.1) is 0 Å². The Kier molecular flexibility index (Phi) is 2.32. The van der Waals surface area contributed by atoms with Crippen LogP contribution < -0.4 is 0 Å². The summed E-state index contributed by atoms with van der Waals surface area (Å²) in [4.78, 5) is 0. The van der Waals surface area contributed by atoms with Gasteiger partial charge in [0.25, 0.3) is 0 Å². The summed E-state index contributed by atoms with van der Waals surface area (Å²) < 4.78 is 36.9. The second-order valence-electron chi connectivity index (χ2n) is 2.34. The maximum atomic E-state index is 12.0. The number of alkyl halides is 3. The molecule has 0 fully saturated rings. The molecule has 0 amide bonds. The van der Waals surface area contributed by atoms with Crippen molar-refractivity contribution in [3.8, 4) is 0 Å². The SMILES string of the molecule is CC(n1ccc(Cl)n1)C(F)(F)F. The van der Waals surface area contributed by atoms with E-state index >= 15 is 0 Å². The van der Waals surface area contributed by atoms with Gasteiger partial charge in [-0.2, -0.15) is 18.3 Å². The van der Waals surface area contributed by atoms with E-state index in [1.807, 2.05) is 0 Å². The van der Waals surface area contributed by atoms with Gasteiger partial charge in [-0.1, -0.05) is 11.6 Å². The molecule has 1 unspecified atom stereocenters. The van der Waals surface area contributed by atoms with E-state index in [0.29, 0.717) is 0 Å². The number of rotatable bonds is 1. The predicted octanol–water partition coefficient (Wildman–Crippen LogP) is 2.66. The Bertz CT molecular complexity index is 268. The highest BCUT2D eigenvalue weighted by atomic mass is 35.5. The zero-order valence-electron chi connectivity index (χ0n) is 6.14. The molecule has 0 aliphatic carbocycles. The lowest BCUT2D eigenvalue weighted by atomic mass is 10.3. The van der Waals surface area contributed by atoms with E-state index in [-0.39, 0.29) is 5.15 Å². The van der Waals surface area contributed by atoms with Crippen LogP contribution in [0.2, 0.25) is 5.15 Å². The fourth-order valence-electron chi connectivity index (χ4n) is 0.681. The highest BCUT2D eigenvalue weighted by Gasteiger charge is 2.37. The molecular formula is C6H6ClF3N2. The number of nitrogens with zero attached hydrogens (tertiary/aromatic N) is 2. The van der Waals surface area contributed by atoms with E-state index in [9.17, 15) is 13.2 Å². The Hall–Kier alpha value is -0.710. The Balaban J connectivity index is 2.85. The average molecular weight is 199 g/mol. The van der Waals surface area contributed by atoms with Gasteiger partial charge in [0.1, 0.15) is 6.04 Å². The molecule has 0 radical (unpaired) electrons. The van der Waals surface area contributed by atoms with Crippen LogP contribution in [0.5, 0.6) is 0 Å². The summed E-state index contributed by atoms with van der Waals surface area (Å²) in [7, 11) is 0. The van der Waals surface area contributed by atoms with Gasteiger partial charge in [0.15, 0.2) is 5.15 Å². The third-order valence-electron chi connectivity index (χ3n) is 1.45. The molecule has 6 heteroatoms. The van der Waals surface area contributed by atoms with Crippen LogP contribution >= 0.6 is 11.6 Å². The third-order valence-corrected chi connectivity index (χ3v) is 1.65. The average Bonchev–Trinajstić information content (AvgIpc) is 2.32. The zero-order valence-corrected chi connectivity index (χ0v) is 6.89. The minimum Gasteiger partial charge on any atom is -0.259 e. The second kappa shape index (κ2) is 2.97. The Morgan fingerprint density at radius 3 is 2.50 bits per heavy atom. The molecule has 1 aromatic heterocycles. The maximum Gasteiger partial charge on any atom is 0.410 e. The van der Waals surface area contributed by atoms with E-state index in [1.165, 1.54) is 12.3 Å². The van der Waals surface area contributed by atoms with E-state index in [4.69, 9.17) is 11.6 Å². The van der Waals surface area contributed by atoms with Crippen molar-refractivity contribution >= 4 is 11.6 Å². The molecule has 2 nitrogen and oxygen atoms in total. The van der Waals surface area contributed by atoms with Gasteiger partial charge in [0.05, 0.1) is 0 Å². The molecule has 0 aromatic carbocycles. The molecule has 1 heterocycles. The van der Waals surface area contributed by atoms with Crippen molar-refractivity contribution in [3.63, 3.8) is 0 Å². The summed E-state index contributed by atoms with van der Waals surface area (Å²) in [6.07, 6.45) is -3.09. The van der Waals surface area contributed by atoms with Gasteiger partial charge >= 0.3 is 6.18 Å². The molecule has 12 heavy (non-hydrogen) atoms. The van der Waals surface area contributed by atoms with E-state index < -0.39 is 12.2 Å². The van der Waals surface area contributed by atoms with Crippen molar-refractivity contribution in [2.24, 2.45) is 0 Å². The lowest BCUT2D eigenvalue weighted by molar-refractivity contribution is -0.165. The number of hydrogen-bond donors (Lipinski definition) is 0. The smallest absolute Gasteiger partial charge is 0.259 e. The molecular weight excluding hydrogens is 193 g/mol. The highest BCUT2D eigenvalue weighted by Crippen LogP contribution is 2.29. The van der Waals surface area contributed by atoms with Crippen molar-refractivity contribution in [1.82, 2.24) is 9.78 Å². The van der Waals surface area contributed by atoms with E-state index in [2.05, 4.69) is 5.10 Å². The van der Waals surface area contributed by atoms with Crippen LogP contribution in [0.1, 0.15) is 13.0 Å². The first-order valence-corrected chi connectivity index (χ1v) is 3.56. The normalized spacial score (nSPS) is 14.8. The van der Waals surface area contributed by atoms with Crippen molar-refractivity contribution in [3.05, 3.63) is 17.4 Å². The highest BCUT2D eigenvalue weighted by molar-refractivity contribution is 6.29. The third kappa shape index (κ3) is 1.91. The largest absolute Gasteiger partial charge is 0.410 e. The minimum atomic E-state index is -4.28. The summed E-state index contributed by atoms with van der Waals surface area (Å²) in [5.41, 5.74) is 0. The Morgan fingerprint density at radius 1 is 1.58 bits per heavy atom. The first-order chi connectivity index (χ1) is 5.41. The van der Waals surface area contributed by atoms with Crippen molar-refractivity contribution < 1.29 is 13.2 Å². The minimum absolute atomic E-state index is 0.0612. The summed E-state index contributed by atoms with van der Waals surface area (Å²) in [5.74, 6) is 0. The van der Waals surface area contributed by atoms with Crippen LogP contribution in [0.25, 0.3) is 0 Å². The first kappa shape index (κ1) is 9.38. The van der Waals surface area contributed by atoms with Crippen LogP contribution in [-0.4, -0.2) is 16.0 Å². The first-order valence-electron chi connectivity index (χ1n) is 3.18. The summed E-state index contributed by atoms with van der Waals surface area (Å²) in [6.45, 7) is 1.02. The van der Waals surface area contributed by atoms with E-state index in [1.54, 1.807) is 0 Å². The van der Waals surface area contributed by atoms with Gasteiger partial charge < -0.3 is 0 Å². The maximum absolute atomic E-state index is 12.0. The van der Waals surface area contributed by atoms with Crippen LogP contribution in [0.15, 0.2) is 12.3 Å². The van der Waals surface area contributed by atoms with Gasteiger partial charge in [0, 0.05) is 6.20 Å². The molecule has 68 valence electrons. The Labute approximate surface area is 71.9 Å². The van der Waals surface area contributed by atoms with Gasteiger partial charge in [-0.3, -0.25) is 4.68 Å². The Morgan fingerprint density at radius 2 is 2.17 bits per heavy atom. The van der Waals surface area contributed by atoms with Crippen LogP contribution in [0.3, 0.4) is 0 Å². The number of aromatic nitrogens is 2. The summed E-state index contributed by atoms with van der Waals surface area (Å²) in [5, 5.41) is 3.50. The zero-order chi connectivity index (χ0) is 9.35. The van der Waals surface area contributed by atoms with Crippen molar-refractivity contribution in [1.29, 1.82) is 0 Å². The van der Waals surface area contributed by atoms with Gasteiger partial charge in [-0.25, -0.2) is 0 Å².